The van der Waals surface area contributed by atoms with E-state index in [0.29, 0.717) is 19.3 Å². The van der Waals surface area contributed by atoms with Gasteiger partial charge in [-0.3, -0.25) is 14.4 Å². The van der Waals surface area contributed by atoms with Crippen LogP contribution in [0.15, 0.2) is 122 Å². The van der Waals surface area contributed by atoms with E-state index >= 15 is 0 Å². The van der Waals surface area contributed by atoms with E-state index in [9.17, 15) is 14.4 Å². The van der Waals surface area contributed by atoms with E-state index in [1.807, 2.05) is 54.7 Å². The second kappa shape index (κ2) is 50.5. The van der Waals surface area contributed by atoms with Crippen molar-refractivity contribution in [2.75, 3.05) is 13.2 Å². The molecule has 0 heterocycles. The maximum Gasteiger partial charge on any atom is 0.306 e. The van der Waals surface area contributed by atoms with E-state index in [0.717, 1.165) is 89.9 Å². The van der Waals surface area contributed by atoms with Crippen molar-refractivity contribution < 1.29 is 28.6 Å². The highest BCUT2D eigenvalue weighted by molar-refractivity contribution is 5.71. The van der Waals surface area contributed by atoms with Crippen LogP contribution in [0.3, 0.4) is 0 Å². The molecule has 0 amide bonds. The Bertz CT molecular complexity index is 1370. The fourth-order valence-electron chi connectivity index (χ4n) is 6.36. The Kier molecular flexibility index (Phi) is 47.1. The van der Waals surface area contributed by atoms with Crippen molar-refractivity contribution >= 4 is 17.9 Å². The molecule has 0 aliphatic heterocycles. The second-order valence-electron chi connectivity index (χ2n) is 16.1. The lowest BCUT2D eigenvalue weighted by atomic mass is 10.1. The quantitative estimate of drug-likeness (QED) is 0.0200. The number of hydrogen-bond acceptors (Lipinski definition) is 6. The zero-order chi connectivity index (χ0) is 45.8. The van der Waals surface area contributed by atoms with Crippen LogP contribution in [-0.4, -0.2) is 37.2 Å². The molecule has 63 heavy (non-hydrogen) atoms. The molecule has 0 saturated heterocycles. The van der Waals surface area contributed by atoms with Gasteiger partial charge in [-0.15, -0.1) is 0 Å². The van der Waals surface area contributed by atoms with Crippen LogP contribution in [0.25, 0.3) is 0 Å². The molecule has 0 N–H and O–H groups in total. The topological polar surface area (TPSA) is 78.9 Å². The number of carbonyl (C=O) groups excluding carboxylic acids is 3. The van der Waals surface area contributed by atoms with Crippen LogP contribution >= 0.6 is 0 Å². The molecule has 6 nitrogen and oxygen atoms in total. The highest BCUT2D eigenvalue weighted by Gasteiger charge is 2.19. The van der Waals surface area contributed by atoms with Gasteiger partial charge in [0.15, 0.2) is 6.10 Å². The summed E-state index contributed by atoms with van der Waals surface area (Å²) in [4.78, 5) is 37.9. The number of esters is 3. The van der Waals surface area contributed by atoms with Gasteiger partial charge >= 0.3 is 17.9 Å². The first-order valence-corrected chi connectivity index (χ1v) is 25.1. The fourth-order valence-corrected chi connectivity index (χ4v) is 6.36. The summed E-state index contributed by atoms with van der Waals surface area (Å²) in [6.45, 7) is 6.26. The van der Waals surface area contributed by atoms with Gasteiger partial charge in [-0.05, 0) is 89.9 Å². The molecule has 354 valence electrons. The fraction of sp³-hybridized carbons (Fsp3) is 0.596. The van der Waals surface area contributed by atoms with Crippen molar-refractivity contribution in [1.82, 2.24) is 0 Å². The summed E-state index contributed by atoms with van der Waals surface area (Å²) in [5.74, 6) is -1.05. The van der Waals surface area contributed by atoms with Gasteiger partial charge in [-0.25, -0.2) is 0 Å². The minimum atomic E-state index is -0.829. The van der Waals surface area contributed by atoms with Gasteiger partial charge in [0.05, 0.1) is 0 Å². The first-order valence-electron chi connectivity index (χ1n) is 25.1. The minimum Gasteiger partial charge on any atom is -0.462 e. The highest BCUT2D eigenvalue weighted by Crippen LogP contribution is 2.12. The monoisotopic (exact) mass is 871 g/mol. The summed E-state index contributed by atoms with van der Waals surface area (Å²) in [5, 5.41) is 0. The molecule has 0 saturated carbocycles. The molecular weight excluding hydrogens is 781 g/mol. The normalized spacial score (nSPS) is 13.1. The summed E-state index contributed by atoms with van der Waals surface area (Å²) in [6.07, 6.45) is 69.0. The molecular formula is C57H90O6. The third-order valence-corrected chi connectivity index (χ3v) is 10.1. The van der Waals surface area contributed by atoms with E-state index in [-0.39, 0.29) is 44.0 Å². The van der Waals surface area contributed by atoms with Crippen LogP contribution in [0.4, 0.5) is 0 Å². The van der Waals surface area contributed by atoms with Crippen molar-refractivity contribution in [3.05, 3.63) is 122 Å². The summed E-state index contributed by atoms with van der Waals surface area (Å²) < 4.78 is 16.7. The number of unbranched alkanes of at least 4 members (excludes halogenated alkanes) is 17. The summed E-state index contributed by atoms with van der Waals surface area (Å²) in [6, 6.07) is 0. The largest absolute Gasteiger partial charge is 0.462 e. The Labute approximate surface area is 386 Å². The third kappa shape index (κ3) is 48.7. The molecule has 0 bridgehead atoms. The predicted octanol–water partition coefficient (Wildman–Crippen LogP) is 16.5. The molecule has 0 fully saturated rings. The molecule has 6 heteroatoms. The molecule has 0 aromatic carbocycles. The zero-order valence-electron chi connectivity index (χ0n) is 40.3. The first kappa shape index (κ1) is 58.8. The van der Waals surface area contributed by atoms with Crippen molar-refractivity contribution in [2.24, 2.45) is 0 Å². The number of allylic oxidation sites excluding steroid dienone is 20. The van der Waals surface area contributed by atoms with Crippen LogP contribution < -0.4 is 0 Å². The zero-order valence-corrected chi connectivity index (χ0v) is 40.3. The summed E-state index contributed by atoms with van der Waals surface area (Å²) >= 11 is 0. The molecule has 0 radical (unpaired) electrons. The Balaban J connectivity index is 4.57. The smallest absolute Gasteiger partial charge is 0.306 e. The molecule has 0 spiro atoms. The van der Waals surface area contributed by atoms with E-state index in [1.54, 1.807) is 0 Å². The Hall–Kier alpha value is -4.19. The van der Waals surface area contributed by atoms with Crippen LogP contribution in [-0.2, 0) is 28.6 Å². The van der Waals surface area contributed by atoms with Gasteiger partial charge in [-0.2, -0.15) is 0 Å². The van der Waals surface area contributed by atoms with Crippen LogP contribution in [0, 0.1) is 0 Å². The Morgan fingerprint density at radius 3 is 1.25 bits per heavy atom. The number of ether oxygens (including phenoxy) is 3. The van der Waals surface area contributed by atoms with Crippen molar-refractivity contribution in [3.8, 4) is 0 Å². The molecule has 0 aliphatic rings. The molecule has 0 aromatic heterocycles. The van der Waals surface area contributed by atoms with E-state index in [1.165, 1.54) is 57.8 Å². The lowest BCUT2D eigenvalue weighted by Crippen LogP contribution is -2.30. The van der Waals surface area contributed by atoms with Crippen molar-refractivity contribution in [1.29, 1.82) is 0 Å². The van der Waals surface area contributed by atoms with Gasteiger partial charge in [0.1, 0.15) is 13.2 Å². The van der Waals surface area contributed by atoms with Crippen LogP contribution in [0.5, 0.6) is 0 Å². The van der Waals surface area contributed by atoms with Crippen molar-refractivity contribution in [2.45, 2.75) is 207 Å². The SMILES string of the molecule is CC/C=C/C=C/C=C/C=C/C=C/CCCC(=O)OCC(COC(=O)CCCCCCCC/C=C/C/C=C/C/C=C/CC)OC(=O)CCCCC/C=C/C=C/CCCCCCCCC. The standard InChI is InChI=1S/C57H90O6/c1-4-7-10-13-16-19-22-25-27-29-32-35-38-41-44-47-50-56(59)62-53-54(52-61-55(58)49-46-43-40-37-34-31-24-21-18-15-12-9-6-3)63-57(60)51-48-45-42-39-36-33-30-28-26-23-20-17-14-11-8-5-2/h7,9-10,12,15-16,18-19,21,24-25,27-28,30-31,33-34,36-37,40,54H,4-6,8,11,13-14,17,20,22-23,26,29,32,35,38-39,41-53H2,1-3H3/b10-7+,12-9+,18-15+,19-16+,24-21+,27-25+,30-28+,34-31+,36-33+,40-37+. The first-order chi connectivity index (χ1) is 31.0. The number of hydrogen-bond donors (Lipinski definition) is 0. The lowest BCUT2D eigenvalue weighted by Gasteiger charge is -2.18. The van der Waals surface area contributed by atoms with Gasteiger partial charge in [0.25, 0.3) is 0 Å². The van der Waals surface area contributed by atoms with Gasteiger partial charge in [0.2, 0.25) is 0 Å². The molecule has 1 atom stereocenters. The average molecular weight is 871 g/mol. The summed E-state index contributed by atoms with van der Waals surface area (Å²) in [7, 11) is 0. The van der Waals surface area contributed by atoms with Gasteiger partial charge < -0.3 is 14.2 Å². The number of rotatable bonds is 43. The molecule has 0 aliphatic carbocycles. The maximum atomic E-state index is 12.8. The third-order valence-electron chi connectivity index (χ3n) is 10.1. The van der Waals surface area contributed by atoms with Crippen LogP contribution in [0.1, 0.15) is 201 Å². The molecule has 1 unspecified atom stereocenters. The van der Waals surface area contributed by atoms with Gasteiger partial charge in [-0.1, -0.05) is 213 Å². The van der Waals surface area contributed by atoms with E-state index in [4.69, 9.17) is 14.2 Å². The van der Waals surface area contributed by atoms with Crippen molar-refractivity contribution in [3.63, 3.8) is 0 Å². The van der Waals surface area contributed by atoms with E-state index in [2.05, 4.69) is 87.6 Å². The highest BCUT2D eigenvalue weighted by atomic mass is 16.6. The lowest BCUT2D eigenvalue weighted by molar-refractivity contribution is -0.167. The molecule has 0 aromatic rings. The van der Waals surface area contributed by atoms with E-state index < -0.39 is 6.10 Å². The second-order valence-corrected chi connectivity index (χ2v) is 16.1. The summed E-state index contributed by atoms with van der Waals surface area (Å²) in [5.41, 5.74) is 0. The van der Waals surface area contributed by atoms with Crippen LogP contribution in [0.2, 0.25) is 0 Å². The predicted molar refractivity (Wildman–Crippen MR) is 269 cm³/mol. The minimum absolute atomic E-state index is 0.122. The average Bonchev–Trinajstić information content (AvgIpc) is 3.28. The number of carbonyl (C=O) groups is 3. The Morgan fingerprint density at radius 1 is 0.349 bits per heavy atom. The van der Waals surface area contributed by atoms with Gasteiger partial charge in [0, 0.05) is 19.3 Å². The molecule has 0 rings (SSSR count). The Morgan fingerprint density at radius 2 is 0.714 bits per heavy atom. The maximum absolute atomic E-state index is 12.8.